The third-order valence-electron chi connectivity index (χ3n) is 5.36. The summed E-state index contributed by atoms with van der Waals surface area (Å²) in [5, 5.41) is 3.44. The van der Waals surface area contributed by atoms with Gasteiger partial charge in [-0.3, -0.25) is 4.90 Å². The third-order valence-corrected chi connectivity index (χ3v) is 5.36. The van der Waals surface area contributed by atoms with Crippen molar-refractivity contribution in [3.63, 3.8) is 0 Å². The Morgan fingerprint density at radius 3 is 2.06 bits per heavy atom. The summed E-state index contributed by atoms with van der Waals surface area (Å²) in [6.07, 6.45) is 2.81. The minimum Gasteiger partial charge on any atom is -0.311 e. The van der Waals surface area contributed by atoms with Crippen molar-refractivity contribution in [3.05, 3.63) is 0 Å². The van der Waals surface area contributed by atoms with Crippen molar-refractivity contribution in [1.29, 1.82) is 0 Å². The average molecular weight is 252 g/mol. The number of nitrogens with zero attached hydrogens (tertiary/aromatic N) is 3. The molecule has 0 aliphatic carbocycles. The van der Waals surface area contributed by atoms with Crippen LogP contribution >= 0.6 is 0 Å². The van der Waals surface area contributed by atoms with Crippen LogP contribution in [0.1, 0.15) is 19.8 Å². The molecule has 0 radical (unpaired) electrons. The van der Waals surface area contributed by atoms with E-state index in [2.05, 4.69) is 41.0 Å². The highest BCUT2D eigenvalue weighted by molar-refractivity contribution is 4.97. The maximum absolute atomic E-state index is 3.44. The molecule has 4 saturated heterocycles. The van der Waals surface area contributed by atoms with Crippen molar-refractivity contribution in [1.82, 2.24) is 20.0 Å². The first-order valence-corrected chi connectivity index (χ1v) is 7.55. The van der Waals surface area contributed by atoms with Crippen LogP contribution in [0.25, 0.3) is 0 Å². The molecule has 4 rings (SSSR count). The lowest BCUT2D eigenvalue weighted by Crippen LogP contribution is -2.44. The second-order valence-electron chi connectivity index (χ2n) is 6.50. The summed E-state index contributed by atoms with van der Waals surface area (Å²) in [7, 11) is 4.46. The van der Waals surface area contributed by atoms with Gasteiger partial charge in [0.2, 0.25) is 0 Å². The Kier molecular flexibility index (Phi) is 3.63. The van der Waals surface area contributed by atoms with Crippen LogP contribution in [-0.2, 0) is 0 Å². The van der Waals surface area contributed by atoms with E-state index in [1.165, 1.54) is 45.6 Å². The molecule has 0 aromatic rings. The van der Waals surface area contributed by atoms with E-state index in [1.54, 1.807) is 0 Å². The van der Waals surface area contributed by atoms with E-state index in [1.807, 2.05) is 0 Å². The predicted molar refractivity (Wildman–Crippen MR) is 74.9 cm³/mol. The zero-order valence-corrected chi connectivity index (χ0v) is 12.1. The van der Waals surface area contributed by atoms with Crippen LogP contribution < -0.4 is 5.32 Å². The smallest absolute Gasteiger partial charge is 0.0239 e. The molecule has 0 saturated carbocycles. The Labute approximate surface area is 111 Å². The standard InChI is InChI=1S/C8H16N2.C6H12N2/c1-3-10-6-7-4-8(10)5-9(7)2;1-8-4-5-2-6(8)3-7-5/h7-8H,3-6H2,1-2H3;5-7H,2-4H2,1H3. The maximum Gasteiger partial charge on any atom is 0.0239 e. The van der Waals surface area contributed by atoms with E-state index in [-0.39, 0.29) is 0 Å². The fourth-order valence-corrected chi connectivity index (χ4v) is 4.10. The van der Waals surface area contributed by atoms with Crippen LogP contribution in [0, 0.1) is 0 Å². The van der Waals surface area contributed by atoms with E-state index >= 15 is 0 Å². The number of piperazine rings is 2. The molecule has 0 spiro atoms. The van der Waals surface area contributed by atoms with Crippen molar-refractivity contribution < 1.29 is 0 Å². The highest BCUT2D eigenvalue weighted by Crippen LogP contribution is 2.28. The zero-order valence-electron chi connectivity index (χ0n) is 12.1. The number of hydrogen-bond donors (Lipinski definition) is 1. The lowest BCUT2D eigenvalue weighted by Gasteiger charge is -2.30. The minimum atomic E-state index is 0.824. The molecule has 0 amide bonds. The summed E-state index contributed by atoms with van der Waals surface area (Å²) in [4.78, 5) is 7.54. The fourth-order valence-electron chi connectivity index (χ4n) is 4.10. The molecule has 1 N–H and O–H groups in total. The molecule has 4 bridgehead atoms. The van der Waals surface area contributed by atoms with Crippen LogP contribution in [-0.4, -0.2) is 85.7 Å². The lowest BCUT2D eigenvalue weighted by atomic mass is 10.2. The van der Waals surface area contributed by atoms with E-state index in [9.17, 15) is 0 Å². The monoisotopic (exact) mass is 252 g/mol. The topological polar surface area (TPSA) is 21.8 Å². The van der Waals surface area contributed by atoms with Crippen LogP contribution in [0.15, 0.2) is 0 Å². The maximum atomic E-state index is 3.44. The molecular formula is C14H28N4. The molecule has 4 fully saturated rings. The molecule has 18 heavy (non-hydrogen) atoms. The third kappa shape index (κ3) is 2.31. The molecule has 104 valence electrons. The Hall–Kier alpha value is -0.160. The summed E-state index contributed by atoms with van der Waals surface area (Å²) in [5.74, 6) is 0. The van der Waals surface area contributed by atoms with Crippen molar-refractivity contribution >= 4 is 0 Å². The first-order valence-electron chi connectivity index (χ1n) is 7.55. The number of fused-ring (bicyclic) bond motifs is 4. The number of likely N-dealkylation sites (tertiary alicyclic amines) is 3. The molecule has 4 aliphatic heterocycles. The van der Waals surface area contributed by atoms with E-state index < -0.39 is 0 Å². The van der Waals surface area contributed by atoms with Gasteiger partial charge in [0, 0.05) is 50.3 Å². The molecule has 0 aromatic heterocycles. The summed E-state index contributed by atoms with van der Waals surface area (Å²) >= 11 is 0. The SMILES string of the molecule is CCN1CC2CC1CN2C.CN1CC2CC1CN2. The normalized spacial score (nSPS) is 43.5. The van der Waals surface area contributed by atoms with Crippen molar-refractivity contribution in [3.8, 4) is 0 Å². The van der Waals surface area contributed by atoms with Crippen molar-refractivity contribution in [2.45, 2.75) is 43.9 Å². The van der Waals surface area contributed by atoms with Crippen LogP contribution in [0.2, 0.25) is 0 Å². The average Bonchev–Trinajstić information content (AvgIpc) is 3.07. The summed E-state index contributed by atoms with van der Waals surface area (Å²) in [6, 6.07) is 3.45. The predicted octanol–water partition coefficient (Wildman–Crippen LogP) is 0.0569. The number of nitrogens with one attached hydrogen (secondary N) is 1. The van der Waals surface area contributed by atoms with Gasteiger partial charge in [-0.15, -0.1) is 0 Å². The number of hydrogen-bond acceptors (Lipinski definition) is 4. The van der Waals surface area contributed by atoms with Gasteiger partial charge >= 0.3 is 0 Å². The summed E-state index contributed by atoms with van der Waals surface area (Å²) < 4.78 is 0. The first kappa shape index (κ1) is 12.9. The molecule has 4 heteroatoms. The van der Waals surface area contributed by atoms with Gasteiger partial charge in [0.1, 0.15) is 0 Å². The molecule has 4 aliphatic rings. The van der Waals surface area contributed by atoms with Gasteiger partial charge in [-0.2, -0.15) is 0 Å². The van der Waals surface area contributed by atoms with Crippen LogP contribution in [0.3, 0.4) is 0 Å². The Bertz CT molecular complexity index is 292. The lowest BCUT2D eigenvalue weighted by molar-refractivity contribution is 0.155. The summed E-state index contributed by atoms with van der Waals surface area (Å²) in [6.45, 7) is 8.62. The van der Waals surface area contributed by atoms with E-state index in [4.69, 9.17) is 0 Å². The second-order valence-corrected chi connectivity index (χ2v) is 6.50. The molecular weight excluding hydrogens is 224 g/mol. The molecule has 4 unspecified atom stereocenters. The molecule has 4 nitrogen and oxygen atoms in total. The zero-order chi connectivity index (χ0) is 12.7. The van der Waals surface area contributed by atoms with Gasteiger partial charge in [-0.1, -0.05) is 6.92 Å². The Morgan fingerprint density at radius 1 is 0.944 bits per heavy atom. The minimum absolute atomic E-state index is 0.824. The number of likely N-dealkylation sites (N-methyl/N-ethyl adjacent to an activating group) is 3. The largest absolute Gasteiger partial charge is 0.311 e. The second kappa shape index (κ2) is 5.08. The highest BCUT2D eigenvalue weighted by Gasteiger charge is 2.40. The van der Waals surface area contributed by atoms with Crippen molar-refractivity contribution in [2.75, 3.05) is 46.8 Å². The Balaban J connectivity index is 0.000000114. The summed E-state index contributed by atoms with van der Waals surface area (Å²) in [5.41, 5.74) is 0. The van der Waals surface area contributed by atoms with E-state index in [0.717, 1.165) is 24.2 Å². The van der Waals surface area contributed by atoms with Crippen molar-refractivity contribution in [2.24, 2.45) is 0 Å². The van der Waals surface area contributed by atoms with Gasteiger partial charge in [0.15, 0.2) is 0 Å². The molecule has 4 heterocycles. The molecule has 0 aromatic carbocycles. The highest BCUT2D eigenvalue weighted by atomic mass is 15.3. The van der Waals surface area contributed by atoms with Gasteiger partial charge in [0.25, 0.3) is 0 Å². The quantitative estimate of drug-likeness (QED) is 0.712. The first-order chi connectivity index (χ1) is 8.67. The van der Waals surface area contributed by atoms with Gasteiger partial charge in [-0.25, -0.2) is 0 Å². The number of rotatable bonds is 1. The van der Waals surface area contributed by atoms with Gasteiger partial charge in [0.05, 0.1) is 0 Å². The van der Waals surface area contributed by atoms with E-state index in [0.29, 0.717) is 0 Å². The molecule has 4 atom stereocenters. The fraction of sp³-hybridized carbons (Fsp3) is 1.00. The van der Waals surface area contributed by atoms with Crippen LogP contribution in [0.4, 0.5) is 0 Å². The van der Waals surface area contributed by atoms with Gasteiger partial charge in [-0.05, 0) is 33.5 Å². The van der Waals surface area contributed by atoms with Crippen LogP contribution in [0.5, 0.6) is 0 Å². The van der Waals surface area contributed by atoms with Gasteiger partial charge < -0.3 is 15.1 Å². The Morgan fingerprint density at radius 2 is 1.72 bits per heavy atom.